The van der Waals surface area contributed by atoms with E-state index >= 15 is 0 Å². The second kappa shape index (κ2) is 31.9. The average Bonchev–Trinajstić information content (AvgIpc) is 3.44. The smallest absolute Gasteiger partial charge is 0.0867 e. The van der Waals surface area contributed by atoms with Crippen LogP contribution in [0.15, 0.2) is 121 Å². The number of nitrogens with zero attached hydrogens (tertiary/aromatic N) is 1. The third-order valence-corrected chi connectivity index (χ3v) is 48.0. The molecule has 6 rings (SSSR count). The van der Waals surface area contributed by atoms with E-state index < -0.39 is 48.4 Å². The van der Waals surface area contributed by atoms with Crippen molar-refractivity contribution in [3.63, 3.8) is 0 Å². The van der Waals surface area contributed by atoms with Crippen molar-refractivity contribution in [3.8, 4) is 0 Å². The van der Waals surface area contributed by atoms with Gasteiger partial charge in [-0.05, 0) is 51.6 Å². The van der Waals surface area contributed by atoms with E-state index in [4.69, 9.17) is 0 Å². The highest BCUT2D eigenvalue weighted by Crippen LogP contribution is 2.58. The summed E-state index contributed by atoms with van der Waals surface area (Å²) in [5.41, 5.74) is 3.16. The Hall–Kier alpha value is -2.21. The zero-order valence-corrected chi connectivity index (χ0v) is 57.3. The molecular weight excluding hydrogens is 1030 g/mol. The number of rotatable bonds is 35. The largest absolute Gasteiger partial charge is 0.241 e. The third kappa shape index (κ3) is 15.3. The number of aryl methyl sites for hydroxylation is 1. The maximum atomic E-state index is 3.32. The molecule has 77 heavy (non-hydrogen) atoms. The first-order chi connectivity index (χ1) is 37.5. The van der Waals surface area contributed by atoms with Crippen LogP contribution in [0.3, 0.4) is 0 Å². The Bertz CT molecular complexity index is 2260. The van der Waals surface area contributed by atoms with Gasteiger partial charge in [-0.25, -0.2) is 4.44 Å². The predicted octanol–water partition coefficient (Wildman–Crippen LogP) is 18.5. The van der Waals surface area contributed by atoms with Gasteiger partial charge in [0, 0.05) is 22.2 Å². The molecule has 0 amide bonds. The standard InChI is InChI=1S/C70H111NP2Si4/c1-13-45-74(46-14-2,47-15-3)67-41-37-63(38-42-67)72(64-39-43-68(44-40-64)75(48-16-4,49-17-5)50-18-6)71(62-36-35-60-29-25-26-30-61(60)57-62)73(65-31-27-33-69(58-65)76(51-19-7,52-20-8)53-21-9)66-32-28-34-70(59-66)77(54-22-10,55-23-11)56-24-12/h25-34,37-44,58-59,62H,13-24,35-36,45-57H2,1-12H3. The Balaban J connectivity index is 1.76. The topological polar surface area (TPSA) is 3.24 Å². The van der Waals surface area contributed by atoms with E-state index in [2.05, 4.69) is 209 Å². The van der Waals surface area contributed by atoms with E-state index in [1.807, 2.05) is 0 Å². The molecule has 1 aliphatic carbocycles. The lowest BCUT2D eigenvalue weighted by molar-refractivity contribution is 0.440. The van der Waals surface area contributed by atoms with Crippen LogP contribution in [0.5, 0.6) is 0 Å². The van der Waals surface area contributed by atoms with Crippen molar-refractivity contribution >= 4 is 90.4 Å². The van der Waals surface area contributed by atoms with Gasteiger partial charge in [0.05, 0.1) is 32.3 Å². The van der Waals surface area contributed by atoms with E-state index in [0.717, 1.165) is 12.8 Å². The quantitative estimate of drug-likeness (QED) is 0.0289. The van der Waals surface area contributed by atoms with Gasteiger partial charge in [-0.1, -0.05) is 375 Å². The molecule has 5 aromatic carbocycles. The molecule has 0 saturated carbocycles. The van der Waals surface area contributed by atoms with Gasteiger partial charge in [-0.3, -0.25) is 0 Å². The van der Waals surface area contributed by atoms with Crippen molar-refractivity contribution in [2.45, 2.75) is 258 Å². The molecule has 1 atom stereocenters. The summed E-state index contributed by atoms with van der Waals surface area (Å²) in [4.78, 5) is 0. The highest BCUT2D eigenvalue weighted by atomic mass is 31.2. The number of hydrogen-bond donors (Lipinski definition) is 0. The van der Waals surface area contributed by atoms with Crippen LogP contribution in [-0.2, 0) is 12.8 Å². The van der Waals surface area contributed by atoms with Gasteiger partial charge in [0.1, 0.15) is 0 Å². The summed E-state index contributed by atoms with van der Waals surface area (Å²) in [6.07, 6.45) is 19.0. The van der Waals surface area contributed by atoms with Crippen LogP contribution < -0.4 is 42.0 Å². The van der Waals surface area contributed by atoms with Crippen LogP contribution in [0.25, 0.3) is 0 Å². The van der Waals surface area contributed by atoms with Crippen molar-refractivity contribution in [1.29, 1.82) is 0 Å². The summed E-state index contributed by atoms with van der Waals surface area (Å²) < 4.78 is 3.32. The van der Waals surface area contributed by atoms with E-state index in [9.17, 15) is 0 Å². The first kappa shape index (κ1) is 64.0. The van der Waals surface area contributed by atoms with Crippen molar-refractivity contribution in [2.75, 3.05) is 0 Å². The van der Waals surface area contributed by atoms with E-state index in [-0.39, 0.29) is 0 Å². The summed E-state index contributed by atoms with van der Waals surface area (Å²) >= 11 is 0. The molecule has 0 aromatic heterocycles. The molecule has 0 aliphatic heterocycles. The Morgan fingerprint density at radius 3 is 0.948 bits per heavy atom. The van der Waals surface area contributed by atoms with Crippen molar-refractivity contribution in [2.24, 2.45) is 0 Å². The fraction of sp³-hybridized carbons (Fsp3) is 0.571. The summed E-state index contributed by atoms with van der Waals surface area (Å²) in [5, 5.41) is 13.3. The van der Waals surface area contributed by atoms with Crippen LogP contribution >= 0.6 is 16.1 Å². The van der Waals surface area contributed by atoms with Crippen LogP contribution in [0.1, 0.15) is 178 Å². The molecule has 1 nitrogen and oxygen atoms in total. The molecule has 0 N–H and O–H groups in total. The maximum Gasteiger partial charge on any atom is 0.0867 e. The second-order valence-electron chi connectivity index (χ2n) is 24.4. The Morgan fingerprint density at radius 1 is 0.325 bits per heavy atom. The zero-order valence-electron chi connectivity index (χ0n) is 51.6. The summed E-state index contributed by atoms with van der Waals surface area (Å²) in [6, 6.07) is 70.0. The van der Waals surface area contributed by atoms with Crippen molar-refractivity contribution < 1.29 is 0 Å². The van der Waals surface area contributed by atoms with Crippen LogP contribution in [0.2, 0.25) is 72.5 Å². The lowest BCUT2D eigenvalue weighted by atomic mass is 9.89. The van der Waals surface area contributed by atoms with Crippen LogP contribution in [0.4, 0.5) is 0 Å². The first-order valence-electron chi connectivity index (χ1n) is 32.4. The Labute approximate surface area is 482 Å². The Morgan fingerprint density at radius 2 is 0.623 bits per heavy atom. The predicted molar refractivity (Wildman–Crippen MR) is 365 cm³/mol. The number of hydrogen-bond acceptors (Lipinski definition) is 1. The van der Waals surface area contributed by atoms with Crippen LogP contribution in [-0.4, -0.2) is 42.8 Å². The summed E-state index contributed by atoms with van der Waals surface area (Å²) in [5.74, 6) is 0. The zero-order chi connectivity index (χ0) is 55.3. The fourth-order valence-electron chi connectivity index (χ4n) is 15.9. The first-order valence-corrected chi connectivity index (χ1v) is 45.5. The van der Waals surface area contributed by atoms with Gasteiger partial charge >= 0.3 is 0 Å². The molecule has 7 heteroatoms. The molecule has 0 spiro atoms. The molecular formula is C70H111NP2Si4. The molecule has 0 heterocycles. The van der Waals surface area contributed by atoms with Gasteiger partial charge in [-0.2, -0.15) is 0 Å². The van der Waals surface area contributed by atoms with Gasteiger partial charge < -0.3 is 0 Å². The molecule has 422 valence electrons. The van der Waals surface area contributed by atoms with Crippen LogP contribution in [0, 0.1) is 0 Å². The summed E-state index contributed by atoms with van der Waals surface area (Å²) in [6.45, 7) is 29.5. The number of benzene rings is 5. The second-order valence-corrected chi connectivity index (χ2v) is 47.5. The molecule has 0 fully saturated rings. The fourth-order valence-corrected chi connectivity index (χ4v) is 44.0. The maximum absolute atomic E-state index is 3.32. The number of fused-ring (bicyclic) bond motifs is 1. The van der Waals surface area contributed by atoms with Gasteiger partial charge in [-0.15, -0.1) is 0 Å². The molecule has 5 aromatic rings. The molecule has 0 bridgehead atoms. The van der Waals surface area contributed by atoms with Crippen molar-refractivity contribution in [3.05, 3.63) is 132 Å². The minimum absolute atomic E-state index is 0.407. The monoisotopic (exact) mass is 1140 g/mol. The highest BCUT2D eigenvalue weighted by Gasteiger charge is 2.42. The molecule has 1 aliphatic rings. The SMILES string of the molecule is CCC[Si](CCC)(CCC)c1ccc(P(c2ccc([Si](CCC)(CCC)CCC)cc2)N(C2CCc3ccccc3C2)P(c2cccc([Si](CCC)(CCC)CCC)c2)c2cccc([Si](CCC)(CCC)CCC)c2)cc1. The lowest BCUT2D eigenvalue weighted by Gasteiger charge is -2.46. The molecule has 0 radical (unpaired) electrons. The van der Waals surface area contributed by atoms with Gasteiger partial charge in [0.25, 0.3) is 0 Å². The lowest BCUT2D eigenvalue weighted by Crippen LogP contribution is -2.50. The van der Waals surface area contributed by atoms with E-state index in [1.165, 1.54) is 156 Å². The summed E-state index contributed by atoms with van der Waals surface area (Å²) in [7, 11) is -8.81. The minimum atomic E-state index is -1.78. The van der Waals surface area contributed by atoms with E-state index in [0.29, 0.717) is 6.04 Å². The minimum Gasteiger partial charge on any atom is -0.241 e. The average molecular weight is 1140 g/mol. The Kier molecular flexibility index (Phi) is 26.5. The molecule has 0 saturated heterocycles. The molecule has 1 unspecified atom stereocenters. The van der Waals surface area contributed by atoms with E-state index in [1.54, 1.807) is 53.1 Å². The highest BCUT2D eigenvalue weighted by molar-refractivity contribution is 7.84. The normalized spacial score (nSPS) is 14.5. The third-order valence-electron chi connectivity index (χ3n) is 18.7. The van der Waals surface area contributed by atoms with Gasteiger partial charge in [0.2, 0.25) is 0 Å². The van der Waals surface area contributed by atoms with Crippen molar-refractivity contribution in [1.82, 2.24) is 4.44 Å². The van der Waals surface area contributed by atoms with Gasteiger partial charge in [0.15, 0.2) is 0 Å².